The summed E-state index contributed by atoms with van der Waals surface area (Å²) < 4.78 is 0. The third-order valence-electron chi connectivity index (χ3n) is 3.08. The zero-order valence-corrected chi connectivity index (χ0v) is 7.87. The predicted octanol–water partition coefficient (Wildman–Crippen LogP) is 1.41. The summed E-state index contributed by atoms with van der Waals surface area (Å²) in [7, 11) is 0. The number of aliphatic hydroxyl groups is 2. The molecule has 1 rings (SSSR count). The minimum Gasteiger partial charge on any atom is -0.396 e. The molecule has 0 aromatic heterocycles. The molecule has 0 aliphatic heterocycles. The molecule has 2 unspecified atom stereocenters. The highest BCUT2D eigenvalue weighted by molar-refractivity contribution is 4.81. The van der Waals surface area contributed by atoms with Crippen molar-refractivity contribution in [2.75, 3.05) is 13.2 Å². The molecule has 1 fully saturated rings. The highest BCUT2D eigenvalue weighted by Gasteiger charge is 2.30. The quantitative estimate of drug-likeness (QED) is 0.673. The van der Waals surface area contributed by atoms with Gasteiger partial charge in [0.1, 0.15) is 0 Å². The van der Waals surface area contributed by atoms with Gasteiger partial charge in [-0.1, -0.05) is 6.92 Å². The Morgan fingerprint density at radius 1 is 1.00 bits per heavy atom. The van der Waals surface area contributed by atoms with Crippen LogP contribution in [0.1, 0.15) is 32.6 Å². The van der Waals surface area contributed by atoms with Crippen LogP contribution in [0.5, 0.6) is 0 Å². The van der Waals surface area contributed by atoms with Crippen molar-refractivity contribution in [2.24, 2.45) is 17.8 Å². The van der Waals surface area contributed by atoms with E-state index in [0.29, 0.717) is 25.0 Å². The summed E-state index contributed by atoms with van der Waals surface area (Å²) in [6.07, 6.45) is 4.33. The lowest BCUT2D eigenvalue weighted by molar-refractivity contribution is 0.200. The minimum atomic E-state index is 0.305. The topological polar surface area (TPSA) is 40.5 Å². The first-order chi connectivity index (χ1) is 5.77. The summed E-state index contributed by atoms with van der Waals surface area (Å²) in [4.78, 5) is 0. The summed E-state index contributed by atoms with van der Waals surface area (Å²) in [6, 6.07) is 0. The van der Waals surface area contributed by atoms with Crippen molar-refractivity contribution in [2.45, 2.75) is 32.6 Å². The molecular weight excluding hydrogens is 152 g/mol. The fraction of sp³-hybridized carbons (Fsp3) is 1.00. The van der Waals surface area contributed by atoms with Gasteiger partial charge >= 0.3 is 0 Å². The van der Waals surface area contributed by atoms with Gasteiger partial charge in [-0.25, -0.2) is 0 Å². The molecule has 0 amide bonds. The van der Waals surface area contributed by atoms with Crippen LogP contribution in [0.25, 0.3) is 0 Å². The Kier molecular flexibility index (Phi) is 4.02. The van der Waals surface area contributed by atoms with Gasteiger partial charge in [0.15, 0.2) is 0 Å². The molecule has 72 valence electrons. The molecule has 0 radical (unpaired) electrons. The third-order valence-corrected chi connectivity index (χ3v) is 3.08. The van der Waals surface area contributed by atoms with Gasteiger partial charge in [0, 0.05) is 13.2 Å². The van der Waals surface area contributed by atoms with Crippen molar-refractivity contribution in [1.29, 1.82) is 0 Å². The van der Waals surface area contributed by atoms with Crippen LogP contribution in [-0.2, 0) is 0 Å². The van der Waals surface area contributed by atoms with Crippen molar-refractivity contribution in [1.82, 2.24) is 0 Å². The lowest BCUT2D eigenvalue weighted by Gasteiger charge is -2.16. The number of rotatable bonds is 4. The van der Waals surface area contributed by atoms with Gasteiger partial charge in [0.05, 0.1) is 0 Å². The van der Waals surface area contributed by atoms with Gasteiger partial charge in [-0.15, -0.1) is 0 Å². The van der Waals surface area contributed by atoms with Crippen LogP contribution in [0, 0.1) is 17.8 Å². The normalized spacial score (nSPS) is 35.8. The largest absolute Gasteiger partial charge is 0.396 e. The average molecular weight is 172 g/mol. The third kappa shape index (κ3) is 2.46. The smallest absolute Gasteiger partial charge is 0.0433 e. The van der Waals surface area contributed by atoms with Crippen molar-refractivity contribution in [3.8, 4) is 0 Å². The molecule has 2 nitrogen and oxygen atoms in total. The summed E-state index contributed by atoms with van der Waals surface area (Å²) in [5, 5.41) is 17.7. The Hall–Kier alpha value is -0.0800. The van der Waals surface area contributed by atoms with Gasteiger partial charge in [-0.2, -0.15) is 0 Å². The number of hydrogen-bond acceptors (Lipinski definition) is 2. The Bertz CT molecular complexity index is 111. The van der Waals surface area contributed by atoms with Crippen LogP contribution < -0.4 is 0 Å². The fourth-order valence-corrected chi connectivity index (χ4v) is 2.55. The van der Waals surface area contributed by atoms with Crippen LogP contribution >= 0.6 is 0 Å². The van der Waals surface area contributed by atoms with Crippen LogP contribution in [0.15, 0.2) is 0 Å². The van der Waals surface area contributed by atoms with Crippen LogP contribution in [-0.4, -0.2) is 23.4 Å². The van der Waals surface area contributed by atoms with Crippen LogP contribution in [0.2, 0.25) is 0 Å². The van der Waals surface area contributed by atoms with Crippen molar-refractivity contribution in [3.05, 3.63) is 0 Å². The van der Waals surface area contributed by atoms with E-state index in [0.717, 1.165) is 18.8 Å². The molecule has 0 aromatic carbocycles. The van der Waals surface area contributed by atoms with Gasteiger partial charge in [-0.05, 0) is 43.4 Å². The maximum atomic E-state index is 8.84. The molecule has 2 heteroatoms. The molecule has 2 atom stereocenters. The molecule has 1 saturated carbocycles. The monoisotopic (exact) mass is 172 g/mol. The summed E-state index contributed by atoms with van der Waals surface area (Å²) in [6.45, 7) is 2.88. The van der Waals surface area contributed by atoms with E-state index < -0.39 is 0 Å². The number of aliphatic hydroxyl groups excluding tert-OH is 2. The molecule has 12 heavy (non-hydrogen) atoms. The van der Waals surface area contributed by atoms with E-state index in [1.807, 2.05) is 0 Å². The van der Waals surface area contributed by atoms with Crippen molar-refractivity contribution >= 4 is 0 Å². The summed E-state index contributed by atoms with van der Waals surface area (Å²) in [5.41, 5.74) is 0. The number of hydrogen-bond donors (Lipinski definition) is 2. The average Bonchev–Trinajstić information content (AvgIpc) is 2.33. The van der Waals surface area contributed by atoms with E-state index in [2.05, 4.69) is 6.92 Å². The van der Waals surface area contributed by atoms with Crippen molar-refractivity contribution < 1.29 is 10.2 Å². The molecule has 0 aromatic rings. The Morgan fingerprint density at radius 2 is 1.42 bits per heavy atom. The van der Waals surface area contributed by atoms with Gasteiger partial charge < -0.3 is 10.2 Å². The lowest BCUT2D eigenvalue weighted by atomic mass is 9.91. The first-order valence-corrected chi connectivity index (χ1v) is 4.99. The van der Waals surface area contributed by atoms with E-state index >= 15 is 0 Å². The highest BCUT2D eigenvalue weighted by atomic mass is 16.3. The predicted molar refractivity (Wildman–Crippen MR) is 48.8 cm³/mol. The first-order valence-electron chi connectivity index (χ1n) is 4.99. The molecule has 1 aliphatic rings. The second-order valence-electron chi connectivity index (χ2n) is 4.12. The Labute approximate surface area is 74.6 Å². The van der Waals surface area contributed by atoms with Gasteiger partial charge in [0.25, 0.3) is 0 Å². The first kappa shape index (κ1) is 10.0. The van der Waals surface area contributed by atoms with Gasteiger partial charge in [-0.3, -0.25) is 0 Å². The fourth-order valence-electron chi connectivity index (χ4n) is 2.55. The van der Waals surface area contributed by atoms with Crippen LogP contribution in [0.4, 0.5) is 0 Å². The molecule has 1 aliphatic carbocycles. The molecule has 0 spiro atoms. The van der Waals surface area contributed by atoms with E-state index in [4.69, 9.17) is 10.2 Å². The van der Waals surface area contributed by atoms with E-state index in [9.17, 15) is 0 Å². The molecule has 0 heterocycles. The second kappa shape index (κ2) is 4.83. The van der Waals surface area contributed by atoms with Gasteiger partial charge in [0.2, 0.25) is 0 Å². The maximum absolute atomic E-state index is 8.84. The zero-order chi connectivity index (χ0) is 8.97. The van der Waals surface area contributed by atoms with Crippen molar-refractivity contribution in [3.63, 3.8) is 0 Å². The minimum absolute atomic E-state index is 0.305. The molecule has 0 saturated heterocycles. The van der Waals surface area contributed by atoms with E-state index in [1.54, 1.807) is 0 Å². The molecule has 2 N–H and O–H groups in total. The standard InChI is InChI=1S/C10H20O2/c1-8-6-9(2-4-11)10(7-8)3-5-12/h8-12H,2-7H2,1H3. The van der Waals surface area contributed by atoms with E-state index in [-0.39, 0.29) is 0 Å². The lowest BCUT2D eigenvalue weighted by Crippen LogP contribution is -2.11. The SMILES string of the molecule is CC1CC(CCO)C(CCO)C1. The molecule has 0 bridgehead atoms. The highest BCUT2D eigenvalue weighted by Crippen LogP contribution is 2.39. The Balaban J connectivity index is 2.36. The van der Waals surface area contributed by atoms with E-state index in [1.165, 1.54) is 12.8 Å². The molecular formula is C10H20O2. The maximum Gasteiger partial charge on any atom is 0.0433 e. The Morgan fingerprint density at radius 3 is 1.75 bits per heavy atom. The van der Waals surface area contributed by atoms with Crippen LogP contribution in [0.3, 0.4) is 0 Å². The summed E-state index contributed by atoms with van der Waals surface area (Å²) >= 11 is 0. The second-order valence-corrected chi connectivity index (χ2v) is 4.12. The zero-order valence-electron chi connectivity index (χ0n) is 7.87. The summed E-state index contributed by atoms with van der Waals surface area (Å²) in [5.74, 6) is 2.12.